The molecule has 0 aliphatic heterocycles. The highest BCUT2D eigenvalue weighted by Crippen LogP contribution is 2.21. The van der Waals surface area contributed by atoms with Gasteiger partial charge >= 0.3 is 0 Å². The quantitative estimate of drug-likeness (QED) is 0.526. The predicted octanol–water partition coefficient (Wildman–Crippen LogP) is 4.08. The van der Waals surface area contributed by atoms with E-state index in [-0.39, 0.29) is 18.3 Å². The SMILES string of the molecule is C=CCc1ccccc1OCc1ccc(C(=O)N(C)Cc2ccn(CC)n2)o1. The predicted molar refractivity (Wildman–Crippen MR) is 107 cm³/mol. The van der Waals surface area contributed by atoms with Crippen molar-refractivity contribution in [2.75, 3.05) is 7.05 Å². The van der Waals surface area contributed by atoms with Crippen molar-refractivity contribution in [1.82, 2.24) is 14.7 Å². The average molecular weight is 379 g/mol. The van der Waals surface area contributed by atoms with Crippen LogP contribution in [0.25, 0.3) is 0 Å². The van der Waals surface area contributed by atoms with E-state index < -0.39 is 0 Å². The average Bonchev–Trinajstić information content (AvgIpc) is 3.36. The summed E-state index contributed by atoms with van der Waals surface area (Å²) < 4.78 is 13.4. The fourth-order valence-electron chi connectivity index (χ4n) is 2.86. The molecular weight excluding hydrogens is 354 g/mol. The van der Waals surface area contributed by atoms with Crippen molar-refractivity contribution in [2.24, 2.45) is 0 Å². The van der Waals surface area contributed by atoms with Gasteiger partial charge in [0, 0.05) is 19.8 Å². The molecule has 0 saturated carbocycles. The van der Waals surface area contributed by atoms with Gasteiger partial charge in [0.25, 0.3) is 5.91 Å². The van der Waals surface area contributed by atoms with Crippen molar-refractivity contribution in [3.8, 4) is 5.75 Å². The third kappa shape index (κ3) is 4.71. The maximum Gasteiger partial charge on any atom is 0.289 e. The minimum absolute atomic E-state index is 0.190. The van der Waals surface area contributed by atoms with E-state index in [1.165, 1.54) is 0 Å². The molecule has 1 amide bonds. The first-order valence-corrected chi connectivity index (χ1v) is 9.28. The van der Waals surface area contributed by atoms with Gasteiger partial charge in [-0.2, -0.15) is 5.10 Å². The molecule has 0 spiro atoms. The number of para-hydroxylation sites is 1. The van der Waals surface area contributed by atoms with Crippen LogP contribution in [-0.4, -0.2) is 27.6 Å². The van der Waals surface area contributed by atoms with Gasteiger partial charge in [0.15, 0.2) is 5.76 Å². The van der Waals surface area contributed by atoms with Crippen LogP contribution in [0.2, 0.25) is 0 Å². The number of ether oxygens (including phenoxy) is 1. The molecule has 2 heterocycles. The van der Waals surface area contributed by atoms with E-state index in [0.717, 1.165) is 30.0 Å². The van der Waals surface area contributed by atoms with Crippen molar-refractivity contribution < 1.29 is 13.9 Å². The number of carbonyl (C=O) groups excluding carboxylic acids is 1. The number of benzene rings is 1. The summed E-state index contributed by atoms with van der Waals surface area (Å²) >= 11 is 0. The van der Waals surface area contributed by atoms with Crippen LogP contribution in [0, 0.1) is 0 Å². The van der Waals surface area contributed by atoms with Crippen LogP contribution in [0.1, 0.15) is 34.5 Å². The third-order valence-corrected chi connectivity index (χ3v) is 4.34. The van der Waals surface area contributed by atoms with Gasteiger partial charge in [0.05, 0.1) is 12.2 Å². The molecule has 2 aromatic heterocycles. The number of carbonyl (C=O) groups is 1. The zero-order valence-electron chi connectivity index (χ0n) is 16.3. The molecule has 0 aliphatic rings. The van der Waals surface area contributed by atoms with Crippen molar-refractivity contribution in [2.45, 2.75) is 33.0 Å². The van der Waals surface area contributed by atoms with Gasteiger partial charge in [-0.15, -0.1) is 6.58 Å². The maximum atomic E-state index is 12.6. The Bertz CT molecular complexity index is 942. The summed E-state index contributed by atoms with van der Waals surface area (Å²) in [6, 6.07) is 13.2. The molecule has 0 fully saturated rings. The summed E-state index contributed by atoms with van der Waals surface area (Å²) in [7, 11) is 1.73. The Labute approximate surface area is 165 Å². The number of amides is 1. The van der Waals surface area contributed by atoms with E-state index >= 15 is 0 Å². The van der Waals surface area contributed by atoms with Gasteiger partial charge in [-0.1, -0.05) is 24.3 Å². The lowest BCUT2D eigenvalue weighted by atomic mass is 10.1. The monoisotopic (exact) mass is 379 g/mol. The number of hydrogen-bond acceptors (Lipinski definition) is 4. The van der Waals surface area contributed by atoms with Gasteiger partial charge in [0.1, 0.15) is 18.1 Å². The lowest BCUT2D eigenvalue weighted by Gasteiger charge is -2.14. The normalized spacial score (nSPS) is 10.6. The first-order valence-electron chi connectivity index (χ1n) is 9.28. The van der Waals surface area contributed by atoms with Gasteiger partial charge in [0.2, 0.25) is 0 Å². The largest absolute Gasteiger partial charge is 0.485 e. The fourth-order valence-corrected chi connectivity index (χ4v) is 2.86. The highest BCUT2D eigenvalue weighted by atomic mass is 16.5. The highest BCUT2D eigenvalue weighted by molar-refractivity contribution is 5.91. The topological polar surface area (TPSA) is 60.5 Å². The molecule has 0 saturated heterocycles. The first kappa shape index (κ1) is 19.5. The van der Waals surface area contributed by atoms with Crippen LogP contribution < -0.4 is 4.74 Å². The molecule has 0 bridgehead atoms. The Hall–Kier alpha value is -3.28. The van der Waals surface area contributed by atoms with E-state index in [1.807, 2.05) is 54.2 Å². The molecule has 3 rings (SSSR count). The molecular formula is C22H25N3O3. The molecule has 0 radical (unpaired) electrons. The van der Waals surface area contributed by atoms with Crippen LogP contribution in [0.15, 0.2) is 65.7 Å². The van der Waals surface area contributed by atoms with Crippen LogP contribution in [-0.2, 0) is 26.1 Å². The molecule has 0 N–H and O–H groups in total. The van der Waals surface area contributed by atoms with E-state index in [9.17, 15) is 4.79 Å². The third-order valence-electron chi connectivity index (χ3n) is 4.34. The van der Waals surface area contributed by atoms with Crippen molar-refractivity contribution in [3.05, 3.63) is 84.1 Å². The summed E-state index contributed by atoms with van der Waals surface area (Å²) in [5, 5.41) is 4.40. The second-order valence-corrected chi connectivity index (χ2v) is 6.48. The minimum atomic E-state index is -0.190. The molecule has 3 aromatic rings. The number of nitrogens with zero attached hydrogens (tertiary/aromatic N) is 3. The van der Waals surface area contributed by atoms with Gasteiger partial charge in [-0.25, -0.2) is 0 Å². The van der Waals surface area contributed by atoms with Gasteiger partial charge in [-0.3, -0.25) is 9.48 Å². The number of allylic oxidation sites excluding steroid dienone is 1. The second-order valence-electron chi connectivity index (χ2n) is 6.48. The van der Waals surface area contributed by atoms with Crippen LogP contribution >= 0.6 is 0 Å². The molecule has 146 valence electrons. The van der Waals surface area contributed by atoms with Gasteiger partial charge in [-0.05, 0) is 43.2 Å². The number of aromatic nitrogens is 2. The molecule has 0 unspecified atom stereocenters. The summed E-state index contributed by atoms with van der Waals surface area (Å²) in [5.41, 5.74) is 1.90. The molecule has 1 aromatic carbocycles. The fraction of sp³-hybridized carbons (Fsp3) is 0.273. The summed E-state index contributed by atoms with van der Waals surface area (Å²) in [5.74, 6) is 1.48. The smallest absolute Gasteiger partial charge is 0.289 e. The Morgan fingerprint density at radius 1 is 1.29 bits per heavy atom. The number of furan rings is 1. The van der Waals surface area contributed by atoms with E-state index in [1.54, 1.807) is 24.1 Å². The Balaban J connectivity index is 1.60. The zero-order valence-corrected chi connectivity index (χ0v) is 16.3. The van der Waals surface area contributed by atoms with Crippen LogP contribution in [0.4, 0.5) is 0 Å². The highest BCUT2D eigenvalue weighted by Gasteiger charge is 2.17. The lowest BCUT2D eigenvalue weighted by molar-refractivity contribution is 0.0747. The second kappa shape index (κ2) is 9.08. The standard InChI is InChI=1S/C22H25N3O3/c1-4-8-17-9-6-7-10-20(17)27-16-19-11-12-21(28-19)22(26)24(3)15-18-13-14-25(5-2)23-18/h4,6-7,9-14H,1,5,8,15-16H2,2-3H3. The molecule has 0 atom stereocenters. The van der Waals surface area contributed by atoms with Crippen LogP contribution in [0.3, 0.4) is 0 Å². The maximum absolute atomic E-state index is 12.6. The van der Waals surface area contributed by atoms with E-state index in [0.29, 0.717) is 12.3 Å². The molecule has 28 heavy (non-hydrogen) atoms. The molecule has 6 nitrogen and oxygen atoms in total. The number of hydrogen-bond donors (Lipinski definition) is 0. The van der Waals surface area contributed by atoms with Crippen molar-refractivity contribution in [3.63, 3.8) is 0 Å². The summed E-state index contributed by atoms with van der Waals surface area (Å²) in [6.45, 7) is 7.27. The Kier molecular flexibility index (Phi) is 6.32. The van der Waals surface area contributed by atoms with Gasteiger partial charge < -0.3 is 14.1 Å². The first-order chi connectivity index (χ1) is 13.6. The minimum Gasteiger partial charge on any atom is -0.485 e. The molecule has 6 heteroatoms. The summed E-state index contributed by atoms with van der Waals surface area (Å²) in [4.78, 5) is 14.2. The Morgan fingerprint density at radius 3 is 2.86 bits per heavy atom. The molecule has 0 aliphatic carbocycles. The van der Waals surface area contributed by atoms with Crippen molar-refractivity contribution >= 4 is 5.91 Å². The zero-order chi connectivity index (χ0) is 19.9. The Morgan fingerprint density at radius 2 is 2.11 bits per heavy atom. The number of rotatable bonds is 9. The van der Waals surface area contributed by atoms with Crippen LogP contribution in [0.5, 0.6) is 5.75 Å². The van der Waals surface area contributed by atoms with E-state index in [4.69, 9.17) is 9.15 Å². The lowest BCUT2D eigenvalue weighted by Crippen LogP contribution is -2.26. The van der Waals surface area contributed by atoms with Crippen molar-refractivity contribution in [1.29, 1.82) is 0 Å². The summed E-state index contributed by atoms with van der Waals surface area (Å²) in [6.07, 6.45) is 4.47. The number of aryl methyl sites for hydroxylation is 1. The van der Waals surface area contributed by atoms with E-state index in [2.05, 4.69) is 11.7 Å².